The highest BCUT2D eigenvalue weighted by atomic mass is 127. The van der Waals surface area contributed by atoms with Gasteiger partial charge in [0.2, 0.25) is 5.88 Å². The largest absolute Gasteiger partial charge is 0.439 e. The number of nitrogens with one attached hydrogen (secondary N) is 2. The summed E-state index contributed by atoms with van der Waals surface area (Å²) in [6.07, 6.45) is 3.76. The van der Waals surface area contributed by atoms with Crippen LogP contribution in [0, 0.1) is 5.82 Å². The van der Waals surface area contributed by atoms with Crippen LogP contribution in [0.15, 0.2) is 47.6 Å². The minimum Gasteiger partial charge on any atom is -0.439 e. The standard InChI is InChI=1S/C21H29FN4O2.HI/c1-3-23-21(24-12-5-6-13-27-4-2)26-16-17-10-11-20(25-15-17)28-19-9-7-8-18(22)14-19;/h7-11,14-15H,3-6,12-13,16H2,1-2H3,(H2,23,24,26);1H. The van der Waals surface area contributed by atoms with Crippen LogP contribution in [0.25, 0.3) is 0 Å². The van der Waals surface area contributed by atoms with Gasteiger partial charge in [-0.05, 0) is 44.4 Å². The molecule has 1 heterocycles. The first-order valence-electron chi connectivity index (χ1n) is 9.69. The average molecular weight is 516 g/mol. The van der Waals surface area contributed by atoms with E-state index in [1.54, 1.807) is 24.4 Å². The van der Waals surface area contributed by atoms with E-state index < -0.39 is 0 Å². The number of aliphatic imine (C=N–C) groups is 1. The third-order valence-corrected chi connectivity index (χ3v) is 3.79. The summed E-state index contributed by atoms with van der Waals surface area (Å²) >= 11 is 0. The third kappa shape index (κ3) is 10.4. The second-order valence-electron chi connectivity index (χ2n) is 6.09. The molecule has 0 saturated carbocycles. The summed E-state index contributed by atoms with van der Waals surface area (Å²) < 4.78 is 24.1. The molecule has 0 radical (unpaired) electrons. The van der Waals surface area contributed by atoms with Gasteiger partial charge in [0.25, 0.3) is 0 Å². The summed E-state index contributed by atoms with van der Waals surface area (Å²) in [5.41, 5.74) is 0.958. The number of rotatable bonds is 11. The minimum absolute atomic E-state index is 0. The number of ether oxygens (including phenoxy) is 2. The molecule has 6 nitrogen and oxygen atoms in total. The number of halogens is 2. The first-order valence-corrected chi connectivity index (χ1v) is 9.69. The van der Waals surface area contributed by atoms with Gasteiger partial charge < -0.3 is 20.1 Å². The van der Waals surface area contributed by atoms with Crippen molar-refractivity contribution in [2.75, 3.05) is 26.3 Å². The van der Waals surface area contributed by atoms with E-state index in [-0.39, 0.29) is 29.8 Å². The summed E-state index contributed by atoms with van der Waals surface area (Å²) in [6.45, 7) is 7.73. The maximum absolute atomic E-state index is 13.2. The molecule has 160 valence electrons. The maximum atomic E-state index is 13.2. The van der Waals surface area contributed by atoms with Crippen molar-refractivity contribution in [2.24, 2.45) is 4.99 Å². The molecule has 0 spiro atoms. The molecule has 0 aliphatic heterocycles. The fourth-order valence-corrected chi connectivity index (χ4v) is 2.41. The Labute approximate surface area is 189 Å². The normalized spacial score (nSPS) is 10.9. The number of guanidine groups is 1. The van der Waals surface area contributed by atoms with Gasteiger partial charge in [-0.2, -0.15) is 0 Å². The van der Waals surface area contributed by atoms with Crippen molar-refractivity contribution in [3.63, 3.8) is 0 Å². The van der Waals surface area contributed by atoms with Gasteiger partial charge in [-0.1, -0.05) is 12.1 Å². The first kappa shape index (κ1) is 25.1. The van der Waals surface area contributed by atoms with Crippen LogP contribution < -0.4 is 15.4 Å². The summed E-state index contributed by atoms with van der Waals surface area (Å²) in [6, 6.07) is 9.63. The van der Waals surface area contributed by atoms with E-state index in [0.29, 0.717) is 18.2 Å². The Kier molecular flexibility index (Phi) is 13.0. The molecule has 2 N–H and O–H groups in total. The topological polar surface area (TPSA) is 67.8 Å². The molecule has 0 aliphatic carbocycles. The number of unbranched alkanes of at least 4 members (excludes halogenated alkanes) is 1. The summed E-state index contributed by atoms with van der Waals surface area (Å²) in [7, 11) is 0. The molecule has 1 aromatic carbocycles. The van der Waals surface area contributed by atoms with Crippen LogP contribution in [0.1, 0.15) is 32.3 Å². The SMILES string of the molecule is CCNC(=NCc1ccc(Oc2cccc(F)c2)nc1)NCCCCOCC.I. The lowest BCUT2D eigenvalue weighted by atomic mass is 10.3. The molecule has 8 heteroatoms. The average Bonchev–Trinajstić information content (AvgIpc) is 2.70. The van der Waals surface area contributed by atoms with Crippen LogP contribution in [0.4, 0.5) is 4.39 Å². The second-order valence-corrected chi connectivity index (χ2v) is 6.09. The molecule has 0 saturated heterocycles. The summed E-state index contributed by atoms with van der Waals surface area (Å²) in [4.78, 5) is 8.84. The second kappa shape index (κ2) is 15.0. The van der Waals surface area contributed by atoms with Gasteiger partial charge in [0.1, 0.15) is 11.6 Å². The number of nitrogens with zero attached hydrogens (tertiary/aromatic N) is 2. The quantitative estimate of drug-likeness (QED) is 0.199. The van der Waals surface area contributed by atoms with E-state index in [9.17, 15) is 4.39 Å². The smallest absolute Gasteiger partial charge is 0.219 e. The van der Waals surface area contributed by atoms with E-state index >= 15 is 0 Å². The van der Waals surface area contributed by atoms with Crippen LogP contribution in [0.3, 0.4) is 0 Å². The minimum atomic E-state index is -0.343. The number of benzene rings is 1. The molecule has 0 amide bonds. The van der Waals surface area contributed by atoms with Crippen LogP contribution in [0.2, 0.25) is 0 Å². The predicted octanol–water partition coefficient (Wildman–Crippen LogP) is 4.50. The Balaban J connectivity index is 0.00000420. The number of aromatic nitrogens is 1. The fourth-order valence-electron chi connectivity index (χ4n) is 2.41. The zero-order valence-electron chi connectivity index (χ0n) is 17.0. The molecule has 2 aromatic rings. The van der Waals surface area contributed by atoms with Crippen molar-refractivity contribution < 1.29 is 13.9 Å². The highest BCUT2D eigenvalue weighted by Gasteiger charge is 2.02. The van der Waals surface area contributed by atoms with E-state index in [1.165, 1.54) is 12.1 Å². The van der Waals surface area contributed by atoms with E-state index in [4.69, 9.17) is 9.47 Å². The van der Waals surface area contributed by atoms with Crippen molar-refractivity contribution in [1.82, 2.24) is 15.6 Å². The fraction of sp³-hybridized carbons (Fsp3) is 0.429. The third-order valence-electron chi connectivity index (χ3n) is 3.79. The first-order chi connectivity index (χ1) is 13.7. The number of hydrogen-bond acceptors (Lipinski definition) is 4. The Morgan fingerprint density at radius 2 is 2.00 bits per heavy atom. The molecule has 29 heavy (non-hydrogen) atoms. The predicted molar refractivity (Wildman–Crippen MR) is 125 cm³/mol. The lowest BCUT2D eigenvalue weighted by Gasteiger charge is -2.11. The Morgan fingerprint density at radius 3 is 2.69 bits per heavy atom. The molecule has 0 unspecified atom stereocenters. The molecule has 0 fully saturated rings. The monoisotopic (exact) mass is 516 g/mol. The van der Waals surface area contributed by atoms with Crippen LogP contribution >= 0.6 is 24.0 Å². The van der Waals surface area contributed by atoms with Crippen molar-refractivity contribution in [2.45, 2.75) is 33.2 Å². The van der Waals surface area contributed by atoms with Gasteiger partial charge in [0, 0.05) is 44.6 Å². The molecule has 2 rings (SSSR count). The molecule has 0 aliphatic rings. The van der Waals surface area contributed by atoms with Crippen molar-refractivity contribution in [3.8, 4) is 11.6 Å². The van der Waals surface area contributed by atoms with E-state index in [1.807, 2.05) is 19.9 Å². The van der Waals surface area contributed by atoms with Gasteiger partial charge in [0.05, 0.1) is 6.54 Å². The Hall–Kier alpha value is -1.94. The van der Waals surface area contributed by atoms with Gasteiger partial charge in [-0.25, -0.2) is 14.4 Å². The lowest BCUT2D eigenvalue weighted by molar-refractivity contribution is 0.143. The number of hydrogen-bond donors (Lipinski definition) is 2. The van der Waals surface area contributed by atoms with Crippen molar-refractivity contribution in [1.29, 1.82) is 0 Å². The zero-order chi connectivity index (χ0) is 20.0. The summed E-state index contributed by atoms with van der Waals surface area (Å²) in [5, 5.41) is 6.55. The molecule has 0 atom stereocenters. The van der Waals surface area contributed by atoms with Crippen molar-refractivity contribution >= 4 is 29.9 Å². The Morgan fingerprint density at radius 1 is 1.14 bits per heavy atom. The molecule has 1 aromatic heterocycles. The molecule has 0 bridgehead atoms. The van der Waals surface area contributed by atoms with Crippen LogP contribution in [0.5, 0.6) is 11.6 Å². The zero-order valence-corrected chi connectivity index (χ0v) is 19.3. The van der Waals surface area contributed by atoms with Gasteiger partial charge in [0.15, 0.2) is 5.96 Å². The summed E-state index contributed by atoms with van der Waals surface area (Å²) in [5.74, 6) is 1.27. The van der Waals surface area contributed by atoms with Crippen molar-refractivity contribution in [3.05, 3.63) is 54.0 Å². The Bertz CT molecular complexity index is 729. The van der Waals surface area contributed by atoms with Gasteiger partial charge >= 0.3 is 0 Å². The molecular formula is C21H30FIN4O2. The molecular weight excluding hydrogens is 486 g/mol. The van der Waals surface area contributed by atoms with E-state index in [2.05, 4.69) is 20.6 Å². The van der Waals surface area contributed by atoms with Crippen LogP contribution in [-0.2, 0) is 11.3 Å². The lowest BCUT2D eigenvalue weighted by Crippen LogP contribution is -2.37. The maximum Gasteiger partial charge on any atom is 0.219 e. The highest BCUT2D eigenvalue weighted by Crippen LogP contribution is 2.20. The highest BCUT2D eigenvalue weighted by molar-refractivity contribution is 14.0. The number of pyridine rings is 1. The van der Waals surface area contributed by atoms with Gasteiger partial charge in [-0.3, -0.25) is 0 Å². The van der Waals surface area contributed by atoms with Crippen LogP contribution in [-0.4, -0.2) is 37.2 Å². The van der Waals surface area contributed by atoms with E-state index in [0.717, 1.165) is 50.7 Å². The van der Waals surface area contributed by atoms with Gasteiger partial charge in [-0.15, -0.1) is 24.0 Å².